The summed E-state index contributed by atoms with van der Waals surface area (Å²) in [5, 5.41) is 0. The Labute approximate surface area is 77.1 Å². The molecule has 3 atom stereocenters. The minimum absolute atomic E-state index is 0.583. The van der Waals surface area contributed by atoms with Crippen LogP contribution >= 0.6 is 0 Å². The molecule has 0 saturated heterocycles. The van der Waals surface area contributed by atoms with E-state index in [0.29, 0.717) is 5.41 Å². The van der Waals surface area contributed by atoms with Crippen molar-refractivity contribution in [3.8, 4) is 0 Å². The zero-order valence-corrected chi connectivity index (χ0v) is 9.09. The molecule has 2 aliphatic carbocycles. The number of rotatable bonds is 0. The largest absolute Gasteiger partial charge is 0.0848 e. The number of fused-ring (bicyclic) bond motifs is 2. The summed E-state index contributed by atoms with van der Waals surface area (Å²) in [5.41, 5.74) is 0.583. The van der Waals surface area contributed by atoms with Gasteiger partial charge in [-0.2, -0.15) is 0 Å². The molecule has 2 aliphatic rings. The fourth-order valence-electron chi connectivity index (χ4n) is 2.54. The highest BCUT2D eigenvalue weighted by Gasteiger charge is 2.47. The first-order valence-corrected chi connectivity index (χ1v) is 5.30. The molecule has 0 heterocycles. The topological polar surface area (TPSA) is 0 Å². The molecular formula is C12H22. The SMILES string of the molecule is CC.CC1C2C=CC(C2)C1(C)C. The van der Waals surface area contributed by atoms with Crippen LogP contribution < -0.4 is 0 Å². The van der Waals surface area contributed by atoms with Gasteiger partial charge in [0.05, 0.1) is 0 Å². The summed E-state index contributed by atoms with van der Waals surface area (Å²) in [7, 11) is 0. The van der Waals surface area contributed by atoms with Crippen molar-refractivity contribution in [2.45, 2.75) is 41.0 Å². The smallest absolute Gasteiger partial charge is 0.0174 e. The molecule has 2 bridgehead atoms. The highest BCUT2D eigenvalue weighted by molar-refractivity contribution is 5.15. The predicted molar refractivity (Wildman–Crippen MR) is 55.0 cm³/mol. The van der Waals surface area contributed by atoms with Crippen molar-refractivity contribution in [3.05, 3.63) is 12.2 Å². The van der Waals surface area contributed by atoms with Crippen LogP contribution in [0.5, 0.6) is 0 Å². The number of hydrogen-bond acceptors (Lipinski definition) is 0. The average Bonchev–Trinajstić information content (AvgIpc) is 2.60. The highest BCUT2D eigenvalue weighted by atomic mass is 14.5. The first-order chi connectivity index (χ1) is 5.62. The van der Waals surface area contributed by atoms with Gasteiger partial charge in [0.15, 0.2) is 0 Å². The molecule has 0 nitrogen and oxygen atoms in total. The summed E-state index contributed by atoms with van der Waals surface area (Å²) in [5.74, 6) is 2.69. The van der Waals surface area contributed by atoms with E-state index in [1.807, 2.05) is 13.8 Å². The van der Waals surface area contributed by atoms with E-state index in [2.05, 4.69) is 32.9 Å². The van der Waals surface area contributed by atoms with E-state index < -0.39 is 0 Å². The maximum absolute atomic E-state index is 2.42. The molecule has 2 rings (SSSR count). The van der Waals surface area contributed by atoms with E-state index in [9.17, 15) is 0 Å². The summed E-state index contributed by atoms with van der Waals surface area (Å²) < 4.78 is 0. The van der Waals surface area contributed by atoms with Crippen molar-refractivity contribution in [2.24, 2.45) is 23.2 Å². The molecule has 1 saturated carbocycles. The molecule has 70 valence electrons. The van der Waals surface area contributed by atoms with Crippen molar-refractivity contribution >= 4 is 0 Å². The zero-order valence-electron chi connectivity index (χ0n) is 9.09. The van der Waals surface area contributed by atoms with E-state index >= 15 is 0 Å². The van der Waals surface area contributed by atoms with Gasteiger partial charge in [-0.25, -0.2) is 0 Å². The second-order valence-electron chi connectivity index (χ2n) is 4.50. The Kier molecular flexibility index (Phi) is 2.65. The molecule has 0 aromatic heterocycles. The fraction of sp³-hybridized carbons (Fsp3) is 0.833. The molecule has 12 heavy (non-hydrogen) atoms. The Hall–Kier alpha value is -0.260. The Balaban J connectivity index is 0.000000336. The van der Waals surface area contributed by atoms with Crippen LogP contribution in [0.15, 0.2) is 12.2 Å². The van der Waals surface area contributed by atoms with Crippen molar-refractivity contribution in [2.75, 3.05) is 0 Å². The monoisotopic (exact) mass is 166 g/mol. The Morgan fingerprint density at radius 2 is 1.75 bits per heavy atom. The lowest BCUT2D eigenvalue weighted by molar-refractivity contribution is 0.209. The van der Waals surface area contributed by atoms with Crippen LogP contribution in [0, 0.1) is 23.2 Å². The average molecular weight is 166 g/mol. The van der Waals surface area contributed by atoms with Gasteiger partial charge in [-0.3, -0.25) is 0 Å². The van der Waals surface area contributed by atoms with E-state index in [1.54, 1.807) is 0 Å². The molecule has 0 aromatic carbocycles. The van der Waals surface area contributed by atoms with Gasteiger partial charge in [0.2, 0.25) is 0 Å². The fourth-order valence-corrected chi connectivity index (χ4v) is 2.54. The Bertz CT molecular complexity index is 176. The molecule has 0 radical (unpaired) electrons. The zero-order chi connectivity index (χ0) is 9.35. The molecule has 0 amide bonds. The summed E-state index contributed by atoms with van der Waals surface area (Å²) in [6.45, 7) is 11.2. The third-order valence-corrected chi connectivity index (χ3v) is 3.89. The lowest BCUT2D eigenvalue weighted by Crippen LogP contribution is -2.25. The summed E-state index contributed by atoms with van der Waals surface area (Å²) in [6, 6.07) is 0. The van der Waals surface area contributed by atoms with E-state index in [1.165, 1.54) is 6.42 Å². The van der Waals surface area contributed by atoms with Crippen molar-refractivity contribution in [3.63, 3.8) is 0 Å². The third kappa shape index (κ3) is 1.22. The summed E-state index contributed by atoms with van der Waals surface area (Å²) in [6.07, 6.45) is 6.26. The van der Waals surface area contributed by atoms with Crippen molar-refractivity contribution < 1.29 is 0 Å². The molecular weight excluding hydrogens is 144 g/mol. The van der Waals surface area contributed by atoms with Crippen LogP contribution in [0.4, 0.5) is 0 Å². The minimum atomic E-state index is 0.583. The van der Waals surface area contributed by atoms with Crippen LogP contribution in [-0.2, 0) is 0 Å². The van der Waals surface area contributed by atoms with Crippen molar-refractivity contribution in [1.29, 1.82) is 0 Å². The molecule has 0 aromatic rings. The van der Waals surface area contributed by atoms with Gasteiger partial charge < -0.3 is 0 Å². The minimum Gasteiger partial charge on any atom is -0.0848 e. The second kappa shape index (κ2) is 3.24. The van der Waals surface area contributed by atoms with Gasteiger partial charge in [0.25, 0.3) is 0 Å². The third-order valence-electron chi connectivity index (χ3n) is 3.89. The van der Waals surface area contributed by atoms with Crippen LogP contribution in [0.3, 0.4) is 0 Å². The second-order valence-corrected chi connectivity index (χ2v) is 4.50. The lowest BCUT2D eigenvalue weighted by atomic mass is 9.72. The van der Waals surface area contributed by atoms with Crippen LogP contribution in [0.2, 0.25) is 0 Å². The molecule has 1 fully saturated rings. The molecule has 0 aliphatic heterocycles. The first kappa shape index (κ1) is 9.83. The predicted octanol–water partition coefficient (Wildman–Crippen LogP) is 3.88. The quantitative estimate of drug-likeness (QED) is 0.479. The van der Waals surface area contributed by atoms with Crippen LogP contribution in [-0.4, -0.2) is 0 Å². The lowest BCUT2D eigenvalue weighted by Gasteiger charge is -2.32. The Morgan fingerprint density at radius 3 is 2.00 bits per heavy atom. The first-order valence-electron chi connectivity index (χ1n) is 5.30. The van der Waals surface area contributed by atoms with Crippen LogP contribution in [0.1, 0.15) is 41.0 Å². The van der Waals surface area contributed by atoms with Gasteiger partial charge in [0.1, 0.15) is 0 Å². The standard InChI is InChI=1S/C10H16.C2H6/c1-7-8-4-5-9(6-8)10(7,2)3;1-2/h4-5,7-9H,6H2,1-3H3;1-2H3. The van der Waals surface area contributed by atoms with Gasteiger partial charge in [0, 0.05) is 0 Å². The van der Waals surface area contributed by atoms with Crippen LogP contribution in [0.25, 0.3) is 0 Å². The van der Waals surface area contributed by atoms with Gasteiger partial charge >= 0.3 is 0 Å². The molecule has 0 heteroatoms. The van der Waals surface area contributed by atoms with E-state index in [4.69, 9.17) is 0 Å². The molecule has 0 spiro atoms. The normalized spacial score (nSPS) is 40.9. The van der Waals surface area contributed by atoms with Gasteiger partial charge in [-0.15, -0.1) is 0 Å². The number of allylic oxidation sites excluding steroid dienone is 2. The van der Waals surface area contributed by atoms with Gasteiger partial charge in [-0.05, 0) is 29.6 Å². The molecule has 3 unspecified atom stereocenters. The summed E-state index contributed by atoms with van der Waals surface area (Å²) >= 11 is 0. The highest BCUT2D eigenvalue weighted by Crippen LogP contribution is 2.55. The maximum atomic E-state index is 2.42. The summed E-state index contributed by atoms with van der Waals surface area (Å²) in [4.78, 5) is 0. The number of hydrogen-bond donors (Lipinski definition) is 0. The van der Waals surface area contributed by atoms with Crippen molar-refractivity contribution in [1.82, 2.24) is 0 Å². The van der Waals surface area contributed by atoms with Gasteiger partial charge in [-0.1, -0.05) is 46.8 Å². The maximum Gasteiger partial charge on any atom is -0.0174 e. The van der Waals surface area contributed by atoms with E-state index in [0.717, 1.165) is 17.8 Å². The van der Waals surface area contributed by atoms with E-state index in [-0.39, 0.29) is 0 Å². The Morgan fingerprint density at radius 1 is 1.17 bits per heavy atom. The molecule has 0 N–H and O–H groups in total.